The third-order valence-electron chi connectivity index (χ3n) is 4.15. The predicted molar refractivity (Wildman–Crippen MR) is 77.4 cm³/mol. The first-order valence-corrected chi connectivity index (χ1v) is 6.98. The first-order chi connectivity index (χ1) is 9.70. The van der Waals surface area contributed by atoms with Crippen LogP contribution in [0.4, 0.5) is 0 Å². The lowest BCUT2D eigenvalue weighted by atomic mass is 10.0. The lowest BCUT2D eigenvalue weighted by molar-refractivity contribution is 0.0643. The van der Waals surface area contributed by atoms with Gasteiger partial charge in [0.25, 0.3) is 5.91 Å². The van der Waals surface area contributed by atoms with E-state index < -0.39 is 0 Å². The third kappa shape index (κ3) is 2.16. The average Bonchev–Trinajstić information content (AvgIpc) is 2.86. The van der Waals surface area contributed by atoms with Gasteiger partial charge in [0.2, 0.25) is 0 Å². The second-order valence-electron chi connectivity index (χ2n) is 5.40. The van der Waals surface area contributed by atoms with Gasteiger partial charge in [0.05, 0.1) is 18.2 Å². The number of nitrogens with zero attached hydrogens (tertiary/aromatic N) is 2. The molecule has 0 spiro atoms. The van der Waals surface area contributed by atoms with Crippen LogP contribution >= 0.6 is 0 Å². The zero-order chi connectivity index (χ0) is 14.1. The highest BCUT2D eigenvalue weighted by Gasteiger charge is 2.34. The highest BCUT2D eigenvalue weighted by atomic mass is 16.3. The summed E-state index contributed by atoms with van der Waals surface area (Å²) < 4.78 is 0. The molecule has 2 atom stereocenters. The van der Waals surface area contributed by atoms with E-state index in [2.05, 4.69) is 11.9 Å². The van der Waals surface area contributed by atoms with E-state index in [1.54, 1.807) is 11.0 Å². The summed E-state index contributed by atoms with van der Waals surface area (Å²) in [5, 5.41) is 10.5. The Balaban J connectivity index is 1.92. The quantitative estimate of drug-likeness (QED) is 0.909. The van der Waals surface area contributed by atoms with Crippen molar-refractivity contribution in [3.8, 4) is 0 Å². The van der Waals surface area contributed by atoms with Crippen LogP contribution in [0.15, 0.2) is 36.4 Å². The largest absolute Gasteiger partial charge is 0.394 e. The van der Waals surface area contributed by atoms with Gasteiger partial charge in [-0.3, -0.25) is 4.79 Å². The maximum Gasteiger partial charge on any atom is 0.272 e. The van der Waals surface area contributed by atoms with Gasteiger partial charge in [-0.2, -0.15) is 0 Å². The molecule has 0 bridgehead atoms. The standard InChI is InChI=1S/C16H18N2O2/c1-11-8-9-18(15(11)10-19)16(20)14-7-6-12-4-2-3-5-13(12)17-14/h2-7,11,15,19H,8-10H2,1H3. The Bertz CT molecular complexity index is 641. The Morgan fingerprint density at radius 3 is 2.95 bits per heavy atom. The van der Waals surface area contributed by atoms with Crippen LogP contribution < -0.4 is 0 Å². The zero-order valence-electron chi connectivity index (χ0n) is 11.5. The fourth-order valence-corrected chi connectivity index (χ4v) is 2.87. The summed E-state index contributed by atoms with van der Waals surface area (Å²) in [4.78, 5) is 18.8. The summed E-state index contributed by atoms with van der Waals surface area (Å²) in [6.07, 6.45) is 0.935. The van der Waals surface area contributed by atoms with Crippen molar-refractivity contribution in [3.05, 3.63) is 42.1 Å². The van der Waals surface area contributed by atoms with Gasteiger partial charge in [-0.1, -0.05) is 31.2 Å². The average molecular weight is 270 g/mol. The highest BCUT2D eigenvalue weighted by molar-refractivity contribution is 5.95. The predicted octanol–water partition coefficient (Wildman–Crippen LogP) is 2.08. The number of amides is 1. The topological polar surface area (TPSA) is 53.4 Å². The van der Waals surface area contributed by atoms with Crippen LogP contribution in [0.3, 0.4) is 0 Å². The summed E-state index contributed by atoms with van der Waals surface area (Å²) in [7, 11) is 0. The van der Waals surface area contributed by atoms with E-state index in [1.807, 2.05) is 30.3 Å². The van der Waals surface area contributed by atoms with Crippen molar-refractivity contribution >= 4 is 16.8 Å². The number of hydrogen-bond donors (Lipinski definition) is 1. The lowest BCUT2D eigenvalue weighted by Gasteiger charge is -2.24. The van der Waals surface area contributed by atoms with Crippen LogP contribution in [0.25, 0.3) is 10.9 Å². The van der Waals surface area contributed by atoms with Crippen LogP contribution in [-0.2, 0) is 0 Å². The van der Waals surface area contributed by atoms with Crippen LogP contribution in [0.1, 0.15) is 23.8 Å². The molecule has 1 aromatic carbocycles. The van der Waals surface area contributed by atoms with Gasteiger partial charge in [0.1, 0.15) is 5.69 Å². The molecule has 2 unspecified atom stereocenters. The molecule has 1 fully saturated rings. The maximum absolute atomic E-state index is 12.6. The summed E-state index contributed by atoms with van der Waals surface area (Å²) >= 11 is 0. The van der Waals surface area contributed by atoms with Crippen LogP contribution in [0, 0.1) is 5.92 Å². The van der Waals surface area contributed by atoms with Crippen molar-refractivity contribution in [2.45, 2.75) is 19.4 Å². The fraction of sp³-hybridized carbons (Fsp3) is 0.375. The van der Waals surface area contributed by atoms with E-state index in [1.165, 1.54) is 0 Å². The number of benzene rings is 1. The van der Waals surface area contributed by atoms with Crippen molar-refractivity contribution in [1.82, 2.24) is 9.88 Å². The molecule has 4 heteroatoms. The van der Waals surface area contributed by atoms with E-state index in [-0.39, 0.29) is 18.6 Å². The molecule has 1 N–H and O–H groups in total. The summed E-state index contributed by atoms with van der Waals surface area (Å²) in [5.41, 5.74) is 1.28. The van der Waals surface area contributed by atoms with Gasteiger partial charge in [0.15, 0.2) is 0 Å². The first kappa shape index (κ1) is 13.1. The monoisotopic (exact) mass is 270 g/mol. The summed E-state index contributed by atoms with van der Waals surface area (Å²) in [6.45, 7) is 2.78. The molecule has 1 aliphatic heterocycles. The Labute approximate surface area is 118 Å². The van der Waals surface area contributed by atoms with Crippen molar-refractivity contribution < 1.29 is 9.90 Å². The first-order valence-electron chi connectivity index (χ1n) is 6.98. The summed E-state index contributed by atoms with van der Waals surface area (Å²) in [5.74, 6) is 0.253. The molecular weight excluding hydrogens is 252 g/mol. The van der Waals surface area contributed by atoms with Crippen molar-refractivity contribution in [2.75, 3.05) is 13.2 Å². The number of aromatic nitrogens is 1. The van der Waals surface area contributed by atoms with E-state index in [9.17, 15) is 9.90 Å². The Kier molecular flexibility index (Phi) is 3.40. The smallest absolute Gasteiger partial charge is 0.272 e. The number of carbonyl (C=O) groups excluding carboxylic acids is 1. The van der Waals surface area contributed by atoms with Crippen molar-refractivity contribution in [3.63, 3.8) is 0 Å². The molecule has 2 aromatic rings. The fourth-order valence-electron chi connectivity index (χ4n) is 2.87. The lowest BCUT2D eigenvalue weighted by Crippen LogP contribution is -2.40. The number of likely N-dealkylation sites (tertiary alicyclic amines) is 1. The number of fused-ring (bicyclic) bond motifs is 1. The van der Waals surface area contributed by atoms with Gasteiger partial charge in [-0.05, 0) is 24.5 Å². The van der Waals surface area contributed by atoms with Crippen LogP contribution in [-0.4, -0.2) is 40.1 Å². The number of hydrogen-bond acceptors (Lipinski definition) is 3. The molecule has 2 heterocycles. The molecule has 3 rings (SSSR count). The van der Waals surface area contributed by atoms with Gasteiger partial charge >= 0.3 is 0 Å². The second-order valence-corrected chi connectivity index (χ2v) is 5.40. The van der Waals surface area contributed by atoms with Gasteiger partial charge in [0, 0.05) is 11.9 Å². The Hall–Kier alpha value is -1.94. The number of aliphatic hydroxyl groups excluding tert-OH is 1. The number of para-hydroxylation sites is 1. The minimum Gasteiger partial charge on any atom is -0.394 e. The van der Waals surface area contributed by atoms with Crippen molar-refractivity contribution in [2.24, 2.45) is 5.92 Å². The van der Waals surface area contributed by atoms with Crippen LogP contribution in [0.2, 0.25) is 0 Å². The normalized spacial score (nSPS) is 22.4. The molecule has 1 aliphatic rings. The Morgan fingerprint density at radius 2 is 2.15 bits per heavy atom. The number of carbonyl (C=O) groups is 1. The van der Waals surface area contributed by atoms with E-state index in [4.69, 9.17) is 0 Å². The number of pyridine rings is 1. The number of aliphatic hydroxyl groups is 1. The molecule has 1 saturated heterocycles. The van der Waals surface area contributed by atoms with Gasteiger partial charge < -0.3 is 10.0 Å². The minimum atomic E-state index is -0.0872. The molecule has 0 aliphatic carbocycles. The molecule has 104 valence electrons. The molecular formula is C16H18N2O2. The maximum atomic E-state index is 12.6. The molecule has 1 amide bonds. The molecule has 4 nitrogen and oxygen atoms in total. The SMILES string of the molecule is CC1CCN(C(=O)c2ccc3ccccc3n2)C1CO. The van der Waals surface area contributed by atoms with Crippen molar-refractivity contribution in [1.29, 1.82) is 0 Å². The molecule has 0 saturated carbocycles. The van der Waals surface area contributed by atoms with Crippen LogP contribution in [0.5, 0.6) is 0 Å². The minimum absolute atomic E-state index is 0.0144. The molecule has 1 aromatic heterocycles. The van der Waals surface area contributed by atoms with E-state index >= 15 is 0 Å². The van der Waals surface area contributed by atoms with E-state index in [0.717, 1.165) is 17.3 Å². The van der Waals surface area contributed by atoms with E-state index in [0.29, 0.717) is 18.2 Å². The number of rotatable bonds is 2. The highest BCUT2D eigenvalue weighted by Crippen LogP contribution is 2.25. The summed E-state index contributed by atoms with van der Waals surface area (Å²) in [6, 6.07) is 11.3. The van der Waals surface area contributed by atoms with Gasteiger partial charge in [-0.25, -0.2) is 4.98 Å². The molecule has 20 heavy (non-hydrogen) atoms. The second kappa shape index (κ2) is 5.21. The molecule has 0 radical (unpaired) electrons. The Morgan fingerprint density at radius 1 is 1.35 bits per heavy atom. The third-order valence-corrected chi connectivity index (χ3v) is 4.15. The van der Waals surface area contributed by atoms with Gasteiger partial charge in [-0.15, -0.1) is 0 Å². The zero-order valence-corrected chi connectivity index (χ0v) is 11.5.